The van der Waals surface area contributed by atoms with E-state index in [1.807, 2.05) is 17.5 Å². The summed E-state index contributed by atoms with van der Waals surface area (Å²) in [6, 6.07) is 9.07. The van der Waals surface area contributed by atoms with E-state index in [-0.39, 0.29) is 5.91 Å². The Labute approximate surface area is 109 Å². The molecule has 2 rings (SSSR count). The zero-order valence-electron chi connectivity index (χ0n) is 9.97. The molecule has 18 heavy (non-hydrogen) atoms. The molecule has 0 radical (unpaired) electrons. The number of ether oxygens (including phenoxy) is 1. The lowest BCUT2D eigenvalue weighted by Crippen LogP contribution is -2.24. The first-order valence-electron chi connectivity index (χ1n) is 5.45. The van der Waals surface area contributed by atoms with Gasteiger partial charge in [-0.05, 0) is 23.6 Å². The molecule has 0 aliphatic carbocycles. The predicted octanol–water partition coefficient (Wildman–Crippen LogP) is 2.27. The maximum atomic E-state index is 12.1. The van der Waals surface area contributed by atoms with E-state index in [1.54, 1.807) is 29.5 Å². The van der Waals surface area contributed by atoms with E-state index in [0.717, 1.165) is 4.88 Å². The summed E-state index contributed by atoms with van der Waals surface area (Å²) in [5.74, 6) is 0.261. The van der Waals surface area contributed by atoms with Crippen LogP contribution in [0.4, 0.5) is 5.69 Å². The van der Waals surface area contributed by atoms with Crippen LogP contribution in [-0.2, 0) is 6.54 Å². The number of methoxy groups -OCH3 is 1. The lowest BCUT2D eigenvalue weighted by atomic mass is 10.1. The molecule has 0 unspecified atom stereocenters. The second-order valence-corrected chi connectivity index (χ2v) is 4.72. The number of nitrogen functional groups attached to an aromatic ring is 1. The van der Waals surface area contributed by atoms with Crippen LogP contribution in [0.3, 0.4) is 0 Å². The normalized spacial score (nSPS) is 10.1. The van der Waals surface area contributed by atoms with E-state index < -0.39 is 0 Å². The first-order valence-corrected chi connectivity index (χ1v) is 6.33. The fourth-order valence-electron chi connectivity index (χ4n) is 1.63. The average Bonchev–Trinajstić information content (AvgIpc) is 2.88. The van der Waals surface area contributed by atoms with E-state index in [1.165, 1.54) is 7.11 Å². The summed E-state index contributed by atoms with van der Waals surface area (Å²) in [5.41, 5.74) is 6.61. The van der Waals surface area contributed by atoms with Gasteiger partial charge in [-0.2, -0.15) is 0 Å². The highest BCUT2D eigenvalue weighted by atomic mass is 32.1. The van der Waals surface area contributed by atoms with Crippen LogP contribution < -0.4 is 15.8 Å². The topological polar surface area (TPSA) is 64.3 Å². The summed E-state index contributed by atoms with van der Waals surface area (Å²) in [4.78, 5) is 13.2. The lowest BCUT2D eigenvalue weighted by Gasteiger charge is -2.10. The molecule has 1 aromatic carbocycles. The van der Waals surface area contributed by atoms with Gasteiger partial charge in [0.05, 0.1) is 13.7 Å². The number of nitrogens with two attached hydrogens (primary N) is 1. The van der Waals surface area contributed by atoms with Gasteiger partial charge in [0, 0.05) is 10.6 Å². The number of nitrogens with one attached hydrogen (secondary N) is 1. The zero-order chi connectivity index (χ0) is 13.0. The molecule has 1 aromatic heterocycles. The van der Waals surface area contributed by atoms with Crippen molar-refractivity contribution < 1.29 is 9.53 Å². The molecular weight excluding hydrogens is 248 g/mol. The van der Waals surface area contributed by atoms with Gasteiger partial charge in [-0.15, -0.1) is 11.3 Å². The van der Waals surface area contributed by atoms with Crippen molar-refractivity contribution in [2.24, 2.45) is 0 Å². The molecule has 0 saturated carbocycles. The summed E-state index contributed by atoms with van der Waals surface area (Å²) in [7, 11) is 1.52. The highest BCUT2D eigenvalue weighted by Crippen LogP contribution is 2.24. The molecule has 0 aliphatic rings. The van der Waals surface area contributed by atoms with Crippen LogP contribution in [0, 0.1) is 0 Å². The van der Waals surface area contributed by atoms with Crippen molar-refractivity contribution in [2.75, 3.05) is 12.8 Å². The Morgan fingerprint density at radius 3 is 2.89 bits per heavy atom. The van der Waals surface area contributed by atoms with Crippen LogP contribution >= 0.6 is 11.3 Å². The Balaban J connectivity index is 2.13. The minimum atomic E-state index is -0.224. The van der Waals surface area contributed by atoms with Gasteiger partial charge in [0.25, 0.3) is 5.91 Å². The third kappa shape index (κ3) is 2.62. The van der Waals surface area contributed by atoms with Gasteiger partial charge in [-0.3, -0.25) is 4.79 Å². The van der Waals surface area contributed by atoms with Gasteiger partial charge < -0.3 is 15.8 Å². The number of rotatable bonds is 4. The molecule has 0 bridgehead atoms. The van der Waals surface area contributed by atoms with Gasteiger partial charge in [-0.25, -0.2) is 0 Å². The van der Waals surface area contributed by atoms with Crippen molar-refractivity contribution in [1.29, 1.82) is 0 Å². The van der Waals surface area contributed by atoms with Crippen LogP contribution in [0.15, 0.2) is 35.7 Å². The largest absolute Gasteiger partial charge is 0.496 e. The summed E-state index contributed by atoms with van der Waals surface area (Å²) < 4.78 is 5.15. The second kappa shape index (κ2) is 5.55. The zero-order valence-corrected chi connectivity index (χ0v) is 10.8. The molecule has 0 aliphatic heterocycles. The van der Waals surface area contributed by atoms with Crippen LogP contribution in [0.25, 0.3) is 0 Å². The van der Waals surface area contributed by atoms with Crippen LogP contribution in [0.5, 0.6) is 5.75 Å². The molecule has 4 nitrogen and oxygen atoms in total. The minimum Gasteiger partial charge on any atom is -0.496 e. The molecule has 0 atom stereocenters. The van der Waals surface area contributed by atoms with Crippen molar-refractivity contribution in [2.45, 2.75) is 6.54 Å². The number of carbonyl (C=O) groups excluding carboxylic acids is 1. The number of carbonyl (C=O) groups is 1. The highest BCUT2D eigenvalue weighted by Gasteiger charge is 2.15. The van der Waals surface area contributed by atoms with Crippen LogP contribution in [-0.4, -0.2) is 13.0 Å². The molecule has 94 valence electrons. The Morgan fingerprint density at radius 2 is 2.22 bits per heavy atom. The molecule has 3 N–H and O–H groups in total. The monoisotopic (exact) mass is 262 g/mol. The number of hydrogen-bond acceptors (Lipinski definition) is 4. The fourth-order valence-corrected chi connectivity index (χ4v) is 2.27. The van der Waals surface area contributed by atoms with Gasteiger partial charge in [0.1, 0.15) is 11.3 Å². The first-order chi connectivity index (χ1) is 8.72. The van der Waals surface area contributed by atoms with Crippen LogP contribution in [0.2, 0.25) is 0 Å². The number of hydrogen-bond donors (Lipinski definition) is 2. The van der Waals surface area contributed by atoms with E-state index >= 15 is 0 Å². The Bertz CT molecular complexity index is 538. The van der Waals surface area contributed by atoms with E-state index in [2.05, 4.69) is 5.32 Å². The third-order valence-corrected chi connectivity index (χ3v) is 3.39. The summed E-state index contributed by atoms with van der Waals surface area (Å²) in [5, 5.41) is 4.80. The summed E-state index contributed by atoms with van der Waals surface area (Å²) in [6.07, 6.45) is 0. The molecule has 5 heteroatoms. The lowest BCUT2D eigenvalue weighted by molar-refractivity contribution is 0.0949. The Morgan fingerprint density at radius 1 is 1.39 bits per heavy atom. The van der Waals surface area contributed by atoms with Crippen molar-refractivity contribution in [3.05, 3.63) is 46.2 Å². The number of anilines is 1. The van der Waals surface area contributed by atoms with E-state index in [0.29, 0.717) is 23.5 Å². The first kappa shape index (κ1) is 12.4. The predicted molar refractivity (Wildman–Crippen MR) is 72.9 cm³/mol. The smallest absolute Gasteiger partial charge is 0.257 e. The number of benzene rings is 1. The molecule has 0 fully saturated rings. The van der Waals surface area contributed by atoms with Crippen LogP contribution in [0.1, 0.15) is 15.2 Å². The van der Waals surface area contributed by atoms with Crippen molar-refractivity contribution in [3.63, 3.8) is 0 Å². The van der Waals surface area contributed by atoms with Gasteiger partial charge in [0.2, 0.25) is 0 Å². The molecule has 0 saturated heterocycles. The standard InChI is InChI=1S/C13H14N2O2S/c1-17-11-6-2-5-10(14)12(11)13(16)15-8-9-4-3-7-18-9/h2-7H,8,14H2,1H3,(H,15,16). The van der Waals surface area contributed by atoms with Gasteiger partial charge >= 0.3 is 0 Å². The number of thiophene rings is 1. The molecule has 1 amide bonds. The number of amides is 1. The van der Waals surface area contributed by atoms with Crippen molar-refractivity contribution >= 4 is 22.9 Å². The maximum Gasteiger partial charge on any atom is 0.257 e. The summed E-state index contributed by atoms with van der Waals surface area (Å²) >= 11 is 1.60. The van der Waals surface area contributed by atoms with Crippen molar-refractivity contribution in [3.8, 4) is 5.75 Å². The molecular formula is C13H14N2O2S. The van der Waals surface area contributed by atoms with E-state index in [9.17, 15) is 4.79 Å². The fraction of sp³-hybridized carbons (Fsp3) is 0.154. The van der Waals surface area contributed by atoms with Gasteiger partial charge in [0.15, 0.2) is 0 Å². The maximum absolute atomic E-state index is 12.1. The Hall–Kier alpha value is -2.01. The van der Waals surface area contributed by atoms with Gasteiger partial charge in [-0.1, -0.05) is 12.1 Å². The Kier molecular flexibility index (Phi) is 3.84. The van der Waals surface area contributed by atoms with E-state index in [4.69, 9.17) is 10.5 Å². The minimum absolute atomic E-state index is 0.224. The van der Waals surface area contributed by atoms with Crippen molar-refractivity contribution in [1.82, 2.24) is 5.32 Å². The molecule has 2 aromatic rings. The highest BCUT2D eigenvalue weighted by molar-refractivity contribution is 7.09. The molecule has 1 heterocycles. The average molecular weight is 262 g/mol. The SMILES string of the molecule is COc1cccc(N)c1C(=O)NCc1cccs1. The second-order valence-electron chi connectivity index (χ2n) is 3.69. The quantitative estimate of drug-likeness (QED) is 0.831. The molecule has 0 spiro atoms. The summed E-state index contributed by atoms with van der Waals surface area (Å²) in [6.45, 7) is 0.494. The third-order valence-electron chi connectivity index (χ3n) is 2.51.